The van der Waals surface area contributed by atoms with Crippen LogP contribution in [0.2, 0.25) is 5.02 Å². The highest BCUT2D eigenvalue weighted by molar-refractivity contribution is 6.36. The van der Waals surface area contributed by atoms with Crippen molar-refractivity contribution in [3.8, 4) is 29.1 Å². The fraction of sp³-hybridized carbons (Fsp3) is 0.371. The Bertz CT molecular complexity index is 1990. The number of pyridine rings is 1. The van der Waals surface area contributed by atoms with Crippen molar-refractivity contribution in [1.29, 1.82) is 10.5 Å². The number of amides is 1. The Labute approximate surface area is 274 Å². The van der Waals surface area contributed by atoms with Crippen molar-refractivity contribution in [2.24, 2.45) is 0 Å². The van der Waals surface area contributed by atoms with Gasteiger partial charge in [0.05, 0.1) is 34.6 Å². The number of benzene rings is 3. The Morgan fingerprint density at radius 3 is 2.66 bits per heavy atom. The first-order chi connectivity index (χ1) is 22.7. The van der Waals surface area contributed by atoms with Gasteiger partial charge in [0.1, 0.15) is 24.0 Å². The zero-order chi connectivity index (χ0) is 32.9. The first-order valence-corrected chi connectivity index (χ1v) is 16.0. The highest BCUT2D eigenvalue weighted by Gasteiger charge is 2.55. The minimum atomic E-state index is -2.03. The number of nitrogens with zero attached hydrogens (tertiary/aromatic N) is 5. The summed E-state index contributed by atoms with van der Waals surface area (Å²) in [6.07, 6.45) is -0.0725. The fourth-order valence-electron chi connectivity index (χ4n) is 8.02. The predicted octanol–water partition coefficient (Wildman–Crippen LogP) is 6.73. The number of carbonyl (C=O) groups is 1. The zero-order valence-electron chi connectivity index (χ0n) is 25.3. The molecule has 4 heterocycles. The number of ether oxygens (including phenoxy) is 1. The molecule has 1 amide bonds. The van der Waals surface area contributed by atoms with Gasteiger partial charge in [0.2, 0.25) is 5.88 Å². The molecule has 4 aromatic rings. The molecule has 3 fully saturated rings. The van der Waals surface area contributed by atoms with E-state index in [1.54, 1.807) is 30.3 Å². The van der Waals surface area contributed by atoms with Crippen molar-refractivity contribution in [3.63, 3.8) is 0 Å². The molecule has 0 aliphatic carbocycles. The van der Waals surface area contributed by atoms with Crippen molar-refractivity contribution >= 4 is 39.4 Å². The molecule has 3 unspecified atom stereocenters. The second kappa shape index (κ2) is 11.9. The number of nitriles is 2. The number of hydrogen-bond acceptors (Lipinski definition) is 7. The maximum Gasteiger partial charge on any atom is 0.410 e. The van der Waals surface area contributed by atoms with Gasteiger partial charge in [0.15, 0.2) is 6.30 Å². The van der Waals surface area contributed by atoms with E-state index in [2.05, 4.69) is 16.3 Å². The van der Waals surface area contributed by atoms with Gasteiger partial charge < -0.3 is 9.84 Å². The van der Waals surface area contributed by atoms with Crippen LogP contribution in [0.25, 0.3) is 32.8 Å². The summed E-state index contributed by atoms with van der Waals surface area (Å²) in [5.41, 5.74) is -0.187. The van der Waals surface area contributed by atoms with Gasteiger partial charge in [-0.05, 0) is 73.0 Å². The third-order valence-corrected chi connectivity index (χ3v) is 10.5. The molecule has 0 spiro atoms. The maximum atomic E-state index is 15.6. The highest BCUT2D eigenvalue weighted by atomic mass is 35.5. The molecule has 3 aliphatic rings. The molecular formula is C35H31ClF2N6O3. The lowest BCUT2D eigenvalue weighted by molar-refractivity contribution is -0.0441. The molecule has 3 atom stereocenters. The topological polar surface area (TPSA) is 126 Å². The summed E-state index contributed by atoms with van der Waals surface area (Å²) in [4.78, 5) is 20.6. The molecule has 0 radical (unpaired) electrons. The molecule has 9 nitrogen and oxygen atoms in total. The summed E-state index contributed by atoms with van der Waals surface area (Å²) in [5, 5.41) is 35.1. The number of fused-ring (bicyclic) bond motifs is 3. The van der Waals surface area contributed by atoms with Crippen LogP contribution < -0.4 is 10.1 Å². The fourth-order valence-corrected chi connectivity index (χ4v) is 8.29. The van der Waals surface area contributed by atoms with Crippen LogP contribution in [-0.4, -0.2) is 70.1 Å². The van der Waals surface area contributed by atoms with Gasteiger partial charge >= 0.3 is 6.09 Å². The van der Waals surface area contributed by atoms with E-state index in [-0.39, 0.29) is 22.0 Å². The molecule has 2 N–H and O–H groups in total. The molecule has 0 saturated carbocycles. The van der Waals surface area contributed by atoms with Gasteiger partial charge in [-0.25, -0.2) is 18.6 Å². The SMILES string of the molecule is N#CCC1(c2cc(OCC34CCCN3CCC4)nc3cc(-c4cccc5ccc(F)c(Cl)c45)ccc23)C(C#N)NCC(F)N1C(=O)O. The second-order valence-corrected chi connectivity index (χ2v) is 12.9. The van der Waals surface area contributed by atoms with Gasteiger partial charge in [0, 0.05) is 23.4 Å². The summed E-state index contributed by atoms with van der Waals surface area (Å²) in [7, 11) is 0. The summed E-state index contributed by atoms with van der Waals surface area (Å²) in [6.45, 7) is 1.92. The minimum Gasteiger partial charge on any atom is -0.476 e. The van der Waals surface area contributed by atoms with Crippen molar-refractivity contribution in [1.82, 2.24) is 20.1 Å². The Kier molecular flexibility index (Phi) is 7.88. The molecule has 12 heteroatoms. The Balaban J connectivity index is 1.46. The molecular weight excluding hydrogens is 626 g/mol. The van der Waals surface area contributed by atoms with Gasteiger partial charge in [-0.3, -0.25) is 15.1 Å². The average Bonchev–Trinajstić information content (AvgIpc) is 3.65. The van der Waals surface area contributed by atoms with Crippen LogP contribution in [0.1, 0.15) is 37.7 Å². The van der Waals surface area contributed by atoms with E-state index in [0.29, 0.717) is 38.9 Å². The van der Waals surface area contributed by atoms with Crippen LogP contribution in [0.4, 0.5) is 13.6 Å². The number of alkyl halides is 1. The van der Waals surface area contributed by atoms with E-state index in [9.17, 15) is 24.8 Å². The van der Waals surface area contributed by atoms with E-state index >= 15 is 4.39 Å². The second-order valence-electron chi connectivity index (χ2n) is 12.5. The van der Waals surface area contributed by atoms with Gasteiger partial charge in [-0.15, -0.1) is 0 Å². The third kappa shape index (κ3) is 4.92. The number of hydrogen-bond donors (Lipinski definition) is 2. The smallest absolute Gasteiger partial charge is 0.410 e. The quantitative estimate of drug-likeness (QED) is 0.219. The van der Waals surface area contributed by atoms with E-state index < -0.39 is 42.8 Å². The van der Waals surface area contributed by atoms with Crippen LogP contribution in [0, 0.1) is 28.5 Å². The van der Waals surface area contributed by atoms with Crippen LogP contribution in [0.15, 0.2) is 54.6 Å². The number of carboxylic acid groups (broad SMARTS) is 1. The standard InChI is InChI=1S/C35H31ClF2N6O3/c36-32-26(37)9-7-21-4-1-5-23(31(21)32)22-6-8-24-25(35(12-13-39)28(18-40)41-19-29(38)44(35)33(45)46)17-30(42-27(24)16-22)47-20-34-10-2-14-43(34)15-3-11-34/h1,4-9,16-17,28-29,41H,2-3,10-12,14-15,19-20H2,(H,45,46). The lowest BCUT2D eigenvalue weighted by Gasteiger charge is -2.49. The monoisotopic (exact) mass is 656 g/mol. The van der Waals surface area contributed by atoms with E-state index in [4.69, 9.17) is 21.3 Å². The van der Waals surface area contributed by atoms with Gasteiger partial charge in [-0.2, -0.15) is 10.5 Å². The number of piperazine rings is 1. The van der Waals surface area contributed by atoms with Crippen molar-refractivity contribution < 1.29 is 23.4 Å². The van der Waals surface area contributed by atoms with Gasteiger partial charge in [0.25, 0.3) is 0 Å². The lowest BCUT2D eigenvalue weighted by Crippen LogP contribution is -2.68. The highest BCUT2D eigenvalue weighted by Crippen LogP contribution is 2.46. The van der Waals surface area contributed by atoms with Crippen molar-refractivity contribution in [3.05, 3.63) is 71.0 Å². The molecule has 1 aromatic heterocycles. The Hall–Kier alpha value is -4.55. The Morgan fingerprint density at radius 1 is 1.15 bits per heavy atom. The predicted molar refractivity (Wildman–Crippen MR) is 172 cm³/mol. The van der Waals surface area contributed by atoms with E-state index in [0.717, 1.165) is 44.2 Å². The molecule has 240 valence electrons. The number of rotatable bonds is 6. The third-order valence-electron chi connectivity index (χ3n) is 10.2. The summed E-state index contributed by atoms with van der Waals surface area (Å²) < 4.78 is 36.6. The molecule has 3 saturated heterocycles. The summed E-state index contributed by atoms with van der Waals surface area (Å²) >= 11 is 6.46. The van der Waals surface area contributed by atoms with Crippen molar-refractivity contribution in [2.45, 2.75) is 55.5 Å². The van der Waals surface area contributed by atoms with Crippen LogP contribution >= 0.6 is 11.6 Å². The number of halogens is 3. The molecule has 0 bridgehead atoms. The molecule has 47 heavy (non-hydrogen) atoms. The molecule has 7 rings (SSSR count). The van der Waals surface area contributed by atoms with E-state index in [1.807, 2.05) is 24.3 Å². The number of nitrogens with one attached hydrogen (secondary N) is 1. The zero-order valence-corrected chi connectivity index (χ0v) is 26.1. The number of aromatic nitrogens is 1. The first-order valence-electron chi connectivity index (χ1n) is 15.6. The van der Waals surface area contributed by atoms with E-state index in [1.165, 1.54) is 6.07 Å². The molecule has 3 aliphatic heterocycles. The summed E-state index contributed by atoms with van der Waals surface area (Å²) in [6, 6.07) is 18.1. The van der Waals surface area contributed by atoms with Crippen molar-refractivity contribution in [2.75, 3.05) is 26.2 Å². The van der Waals surface area contributed by atoms with Gasteiger partial charge in [-0.1, -0.05) is 48.0 Å². The van der Waals surface area contributed by atoms with Crippen LogP contribution in [0.5, 0.6) is 5.88 Å². The van der Waals surface area contributed by atoms with Crippen LogP contribution in [-0.2, 0) is 5.54 Å². The van der Waals surface area contributed by atoms with Crippen LogP contribution in [0.3, 0.4) is 0 Å². The maximum absolute atomic E-state index is 15.6. The minimum absolute atomic E-state index is 0.0231. The largest absolute Gasteiger partial charge is 0.476 e. The average molecular weight is 657 g/mol. The summed E-state index contributed by atoms with van der Waals surface area (Å²) in [5.74, 6) is -0.392. The lowest BCUT2D eigenvalue weighted by atomic mass is 9.76. The molecule has 3 aromatic carbocycles. The normalized spacial score (nSPS) is 23.8. The Morgan fingerprint density at radius 2 is 1.94 bits per heavy atom. The first kappa shape index (κ1) is 31.1.